The van der Waals surface area contributed by atoms with Crippen molar-refractivity contribution in [2.45, 2.75) is 11.1 Å². The maximum atomic E-state index is 12.7. The number of sulfonamides is 1. The van der Waals surface area contributed by atoms with Gasteiger partial charge in [-0.05, 0) is 6.07 Å². The van der Waals surface area contributed by atoms with Crippen LogP contribution in [0.4, 0.5) is 18.9 Å². The molecular formula is C12H13F3N6O2S. The van der Waals surface area contributed by atoms with Gasteiger partial charge in [0.1, 0.15) is 6.34 Å². The predicted octanol–water partition coefficient (Wildman–Crippen LogP) is 1.15. The summed E-state index contributed by atoms with van der Waals surface area (Å²) in [7, 11) is -1.19. The number of hydrogen-bond acceptors (Lipinski definition) is 5. The van der Waals surface area contributed by atoms with E-state index >= 15 is 0 Å². The van der Waals surface area contributed by atoms with Crippen LogP contribution in [0.25, 0.3) is 5.82 Å². The zero-order valence-corrected chi connectivity index (χ0v) is 13.4. The lowest BCUT2D eigenvalue weighted by atomic mass is 10.3. The Morgan fingerprint density at radius 2 is 2.04 bits per heavy atom. The van der Waals surface area contributed by atoms with Gasteiger partial charge >= 0.3 is 6.18 Å². The second-order valence-corrected chi connectivity index (χ2v) is 6.45. The molecule has 8 nitrogen and oxygen atoms in total. The Morgan fingerprint density at radius 3 is 2.58 bits per heavy atom. The normalized spacial score (nSPS) is 12.7. The SMILES string of the molecule is CN(C)C=NS(=O)(=O)c1c(N)ccnc1-n1cc(C(F)(F)F)cn1. The molecule has 2 aromatic heterocycles. The third kappa shape index (κ3) is 3.64. The van der Waals surface area contributed by atoms with Crippen LogP contribution in [0.3, 0.4) is 0 Å². The molecule has 0 saturated carbocycles. The van der Waals surface area contributed by atoms with E-state index in [1.54, 1.807) is 14.1 Å². The number of aromatic nitrogens is 3. The van der Waals surface area contributed by atoms with E-state index < -0.39 is 26.7 Å². The quantitative estimate of drug-likeness (QED) is 0.646. The van der Waals surface area contributed by atoms with E-state index in [1.807, 2.05) is 0 Å². The minimum Gasteiger partial charge on any atom is -0.397 e. The van der Waals surface area contributed by atoms with Crippen LogP contribution in [-0.2, 0) is 16.2 Å². The van der Waals surface area contributed by atoms with Crippen molar-refractivity contribution < 1.29 is 21.6 Å². The molecular weight excluding hydrogens is 349 g/mol. The van der Waals surface area contributed by atoms with Crippen LogP contribution in [-0.4, -0.2) is 48.5 Å². The Hall–Kier alpha value is -2.63. The Kier molecular flexibility index (Phi) is 4.51. The lowest BCUT2D eigenvalue weighted by Crippen LogP contribution is -2.14. The van der Waals surface area contributed by atoms with E-state index in [2.05, 4.69) is 14.5 Å². The van der Waals surface area contributed by atoms with Gasteiger partial charge < -0.3 is 10.6 Å². The van der Waals surface area contributed by atoms with Crippen LogP contribution < -0.4 is 5.73 Å². The largest absolute Gasteiger partial charge is 0.419 e. The average Bonchev–Trinajstić information content (AvgIpc) is 2.94. The number of pyridine rings is 1. The van der Waals surface area contributed by atoms with Crippen molar-refractivity contribution in [2.75, 3.05) is 19.8 Å². The maximum absolute atomic E-state index is 12.7. The van der Waals surface area contributed by atoms with E-state index in [0.717, 1.165) is 12.5 Å². The predicted molar refractivity (Wildman–Crippen MR) is 80.1 cm³/mol. The molecule has 2 heterocycles. The van der Waals surface area contributed by atoms with Crippen molar-refractivity contribution in [2.24, 2.45) is 4.40 Å². The average molecular weight is 362 g/mol. The summed E-state index contributed by atoms with van der Waals surface area (Å²) in [6.07, 6.45) is -1.26. The first-order chi connectivity index (χ1) is 11.0. The lowest BCUT2D eigenvalue weighted by molar-refractivity contribution is -0.137. The summed E-state index contributed by atoms with van der Waals surface area (Å²) in [5, 5.41) is 3.52. The van der Waals surface area contributed by atoms with Crippen molar-refractivity contribution in [1.82, 2.24) is 19.7 Å². The summed E-state index contributed by atoms with van der Waals surface area (Å²) in [6.45, 7) is 0. The molecule has 130 valence electrons. The van der Waals surface area contributed by atoms with Gasteiger partial charge in [-0.3, -0.25) is 0 Å². The van der Waals surface area contributed by atoms with E-state index in [-0.39, 0.29) is 11.5 Å². The molecule has 0 unspecified atom stereocenters. The van der Waals surface area contributed by atoms with Crippen LogP contribution in [0.15, 0.2) is 34.0 Å². The Bertz CT molecular complexity index is 873. The van der Waals surface area contributed by atoms with Gasteiger partial charge in [0.05, 0.1) is 17.4 Å². The number of halogens is 3. The number of nitrogens with two attached hydrogens (primary N) is 1. The zero-order chi connectivity index (χ0) is 18.1. The molecule has 2 rings (SSSR count). The molecule has 0 saturated heterocycles. The molecule has 0 amide bonds. The molecule has 12 heteroatoms. The third-order valence-corrected chi connectivity index (χ3v) is 4.02. The zero-order valence-electron chi connectivity index (χ0n) is 12.6. The van der Waals surface area contributed by atoms with Gasteiger partial charge in [-0.25, -0.2) is 9.67 Å². The monoisotopic (exact) mass is 362 g/mol. The Balaban J connectivity index is 2.62. The van der Waals surface area contributed by atoms with Gasteiger partial charge in [0.2, 0.25) is 0 Å². The van der Waals surface area contributed by atoms with Crippen LogP contribution in [0, 0.1) is 0 Å². The van der Waals surface area contributed by atoms with Gasteiger partial charge in [-0.1, -0.05) is 0 Å². The second-order valence-electron chi connectivity index (χ2n) is 4.88. The van der Waals surface area contributed by atoms with Gasteiger partial charge in [-0.15, -0.1) is 4.40 Å². The molecule has 0 aliphatic rings. The van der Waals surface area contributed by atoms with Crippen LogP contribution >= 0.6 is 0 Å². The standard InChI is InChI=1S/C12H13F3N6O2S/c1-20(2)7-19-24(22,23)10-9(16)3-4-17-11(10)21-6-8(5-18-21)12(13,14)15/h3-7H,1-2H3,(H2,16,17). The highest BCUT2D eigenvalue weighted by atomic mass is 32.2. The molecule has 0 aliphatic heterocycles. The first-order valence-corrected chi connectivity index (χ1v) is 7.80. The number of rotatable bonds is 4. The van der Waals surface area contributed by atoms with Crippen molar-refractivity contribution >= 4 is 22.0 Å². The molecule has 0 aliphatic carbocycles. The van der Waals surface area contributed by atoms with Gasteiger partial charge in [-0.2, -0.15) is 26.7 Å². The minimum atomic E-state index is -4.62. The number of alkyl halides is 3. The van der Waals surface area contributed by atoms with Crippen molar-refractivity contribution in [3.05, 3.63) is 30.2 Å². The Morgan fingerprint density at radius 1 is 1.38 bits per heavy atom. The highest BCUT2D eigenvalue weighted by molar-refractivity contribution is 7.90. The summed E-state index contributed by atoms with van der Waals surface area (Å²) in [5.41, 5.74) is 4.42. The number of nitrogens with zero attached hydrogens (tertiary/aromatic N) is 5. The highest BCUT2D eigenvalue weighted by Gasteiger charge is 2.33. The van der Waals surface area contributed by atoms with Crippen molar-refractivity contribution in [3.8, 4) is 5.82 Å². The van der Waals surface area contributed by atoms with Gasteiger partial charge in [0.25, 0.3) is 10.0 Å². The summed E-state index contributed by atoms with van der Waals surface area (Å²) in [4.78, 5) is 4.63. The van der Waals surface area contributed by atoms with Crippen LogP contribution in [0.1, 0.15) is 5.56 Å². The molecule has 2 aromatic rings. The van der Waals surface area contributed by atoms with E-state index in [4.69, 9.17) is 5.73 Å². The van der Waals surface area contributed by atoms with Crippen LogP contribution in [0.5, 0.6) is 0 Å². The fraction of sp³-hybridized carbons (Fsp3) is 0.250. The first-order valence-electron chi connectivity index (χ1n) is 6.36. The molecule has 2 N–H and O–H groups in total. The van der Waals surface area contributed by atoms with E-state index in [0.29, 0.717) is 17.1 Å². The topological polar surface area (TPSA) is 106 Å². The summed E-state index contributed by atoms with van der Waals surface area (Å²) >= 11 is 0. The van der Waals surface area contributed by atoms with Crippen molar-refractivity contribution in [3.63, 3.8) is 0 Å². The third-order valence-electron chi connectivity index (χ3n) is 2.72. The summed E-state index contributed by atoms with van der Waals surface area (Å²) in [5.74, 6) is -0.374. The number of anilines is 1. The summed E-state index contributed by atoms with van der Waals surface area (Å²) < 4.78 is 66.9. The van der Waals surface area contributed by atoms with Crippen LogP contribution in [0.2, 0.25) is 0 Å². The number of nitrogen functional groups attached to an aromatic ring is 1. The minimum absolute atomic E-state index is 0.208. The smallest absolute Gasteiger partial charge is 0.397 e. The van der Waals surface area contributed by atoms with E-state index in [9.17, 15) is 21.6 Å². The Labute approximate surface area is 135 Å². The molecule has 0 aromatic carbocycles. The van der Waals surface area contributed by atoms with E-state index in [1.165, 1.54) is 11.0 Å². The van der Waals surface area contributed by atoms with Gasteiger partial charge in [0.15, 0.2) is 10.7 Å². The molecule has 0 bridgehead atoms. The molecule has 0 fully saturated rings. The molecule has 0 atom stereocenters. The molecule has 24 heavy (non-hydrogen) atoms. The fourth-order valence-corrected chi connectivity index (χ4v) is 2.83. The van der Waals surface area contributed by atoms with Crippen molar-refractivity contribution in [1.29, 1.82) is 0 Å². The second kappa shape index (κ2) is 6.11. The highest BCUT2D eigenvalue weighted by Crippen LogP contribution is 2.31. The fourth-order valence-electron chi connectivity index (χ4n) is 1.67. The molecule has 0 radical (unpaired) electrons. The maximum Gasteiger partial charge on any atom is 0.419 e. The first kappa shape index (κ1) is 17.7. The summed E-state index contributed by atoms with van der Waals surface area (Å²) in [6, 6.07) is 1.20. The lowest BCUT2D eigenvalue weighted by Gasteiger charge is -2.10. The van der Waals surface area contributed by atoms with Gasteiger partial charge in [0, 0.05) is 26.5 Å². The number of hydrogen-bond donors (Lipinski definition) is 1. The molecule has 0 spiro atoms.